The van der Waals surface area contributed by atoms with Crippen molar-refractivity contribution in [3.63, 3.8) is 0 Å². The van der Waals surface area contributed by atoms with E-state index in [1.54, 1.807) is 33.5 Å². The lowest BCUT2D eigenvalue weighted by molar-refractivity contribution is 0.347. The molecular formula is C22H27N5O4S. The molecule has 170 valence electrons. The predicted molar refractivity (Wildman–Crippen MR) is 121 cm³/mol. The van der Waals surface area contributed by atoms with Gasteiger partial charge in [0, 0.05) is 57.0 Å². The first-order chi connectivity index (χ1) is 15.3. The molecule has 0 saturated carbocycles. The summed E-state index contributed by atoms with van der Waals surface area (Å²) in [7, 11) is 4.36. The second-order valence-electron chi connectivity index (χ2n) is 7.82. The molecule has 0 N–H and O–H groups in total. The Morgan fingerprint density at radius 3 is 2.41 bits per heavy atom. The fourth-order valence-corrected chi connectivity index (χ4v) is 5.07. The number of pyridine rings is 1. The first-order valence-corrected chi connectivity index (χ1v) is 11.6. The number of aromatic nitrogens is 3. The van der Waals surface area contributed by atoms with Crippen LogP contribution < -0.4 is 9.47 Å². The molecule has 3 aromatic rings. The molecule has 0 unspecified atom stereocenters. The highest BCUT2D eigenvalue weighted by Crippen LogP contribution is 2.38. The molecule has 2 aromatic heterocycles. The van der Waals surface area contributed by atoms with Crippen LogP contribution in [0, 0.1) is 0 Å². The molecule has 2 heterocycles. The Morgan fingerprint density at radius 1 is 1.03 bits per heavy atom. The third-order valence-electron chi connectivity index (χ3n) is 5.81. The number of benzene rings is 1. The molecule has 0 radical (unpaired) electrons. The number of hydrogen-bond donors (Lipinski definition) is 0. The fraction of sp³-hybridized carbons (Fsp3) is 0.364. The summed E-state index contributed by atoms with van der Waals surface area (Å²) in [6.07, 6.45) is 2.82. The van der Waals surface area contributed by atoms with E-state index in [4.69, 9.17) is 14.6 Å². The van der Waals surface area contributed by atoms with Crippen molar-refractivity contribution in [1.82, 2.24) is 23.4 Å². The minimum atomic E-state index is -3.53. The van der Waals surface area contributed by atoms with E-state index in [0.29, 0.717) is 24.5 Å². The maximum absolute atomic E-state index is 12.7. The summed E-state index contributed by atoms with van der Waals surface area (Å²) in [5, 5.41) is 4.89. The Hall–Kier alpha value is -2.95. The maximum Gasteiger partial charge on any atom is 0.281 e. The average molecular weight is 458 g/mol. The number of methoxy groups -OCH3 is 2. The monoisotopic (exact) mass is 457 g/mol. The lowest BCUT2D eigenvalue weighted by Gasteiger charge is -2.27. The van der Waals surface area contributed by atoms with Crippen LogP contribution in [0.4, 0.5) is 0 Å². The molecule has 9 nitrogen and oxygen atoms in total. The topological polar surface area (TPSA) is 89.8 Å². The van der Waals surface area contributed by atoms with Gasteiger partial charge in [-0.05, 0) is 24.6 Å². The van der Waals surface area contributed by atoms with Crippen molar-refractivity contribution < 1.29 is 17.9 Å². The van der Waals surface area contributed by atoms with E-state index < -0.39 is 10.2 Å². The lowest BCUT2D eigenvalue weighted by atomic mass is 10.1. The van der Waals surface area contributed by atoms with E-state index in [9.17, 15) is 8.42 Å². The van der Waals surface area contributed by atoms with Gasteiger partial charge in [0.15, 0.2) is 0 Å². The number of fused-ring (bicyclic) bond motifs is 1. The van der Waals surface area contributed by atoms with Crippen LogP contribution in [-0.4, -0.2) is 73.2 Å². The van der Waals surface area contributed by atoms with Crippen LogP contribution in [0.5, 0.6) is 11.6 Å². The standard InChI is InChI=1S/C22H27N5O4S/c1-25(2)32(28,29)26(3)16-12-17-18(13-16)24-27(19-8-6-7-9-20(19)30-4)22(17)15-10-11-21(31-5)23-14-15/h6-11,14,16H,12-13H2,1-5H3/t16-/m1/s1. The summed E-state index contributed by atoms with van der Waals surface area (Å²) in [6, 6.07) is 11.2. The van der Waals surface area contributed by atoms with Crippen LogP contribution in [0.15, 0.2) is 42.6 Å². The van der Waals surface area contributed by atoms with E-state index in [1.165, 1.54) is 22.7 Å². The van der Waals surface area contributed by atoms with Gasteiger partial charge in [-0.3, -0.25) is 0 Å². The van der Waals surface area contributed by atoms with Crippen molar-refractivity contribution in [2.45, 2.75) is 18.9 Å². The Balaban J connectivity index is 1.82. The van der Waals surface area contributed by atoms with E-state index in [-0.39, 0.29) is 6.04 Å². The number of para-hydroxylation sites is 2. The fourth-order valence-electron chi connectivity index (χ4n) is 4.02. The molecule has 0 aliphatic heterocycles. The molecule has 0 fully saturated rings. The van der Waals surface area contributed by atoms with Crippen molar-refractivity contribution in [1.29, 1.82) is 0 Å². The van der Waals surface area contributed by atoms with Crippen LogP contribution in [0.1, 0.15) is 11.3 Å². The molecule has 0 saturated heterocycles. The van der Waals surface area contributed by atoms with Gasteiger partial charge in [-0.1, -0.05) is 12.1 Å². The molecule has 4 rings (SSSR count). The van der Waals surface area contributed by atoms with Gasteiger partial charge >= 0.3 is 0 Å². The van der Waals surface area contributed by atoms with Gasteiger partial charge in [0.05, 0.1) is 25.6 Å². The van der Waals surface area contributed by atoms with Gasteiger partial charge in [-0.15, -0.1) is 0 Å². The Labute approximate surface area is 188 Å². The average Bonchev–Trinajstić information content (AvgIpc) is 3.36. The Morgan fingerprint density at radius 2 is 1.78 bits per heavy atom. The highest BCUT2D eigenvalue weighted by atomic mass is 32.2. The summed E-state index contributed by atoms with van der Waals surface area (Å²) in [5.74, 6) is 1.21. The number of hydrogen-bond acceptors (Lipinski definition) is 6. The lowest BCUT2D eigenvalue weighted by Crippen LogP contribution is -2.44. The van der Waals surface area contributed by atoms with E-state index in [2.05, 4.69) is 4.98 Å². The third kappa shape index (κ3) is 3.74. The Bertz CT molecular complexity index is 1220. The zero-order valence-electron chi connectivity index (χ0n) is 18.8. The van der Waals surface area contributed by atoms with Crippen molar-refractivity contribution in [2.75, 3.05) is 35.4 Å². The molecule has 1 aromatic carbocycles. The first-order valence-electron chi connectivity index (χ1n) is 10.2. The second kappa shape index (κ2) is 8.53. The van der Waals surface area contributed by atoms with Crippen LogP contribution >= 0.6 is 0 Å². The summed E-state index contributed by atoms with van der Waals surface area (Å²) in [6.45, 7) is 0. The van der Waals surface area contributed by atoms with Gasteiger partial charge in [0.25, 0.3) is 10.2 Å². The summed E-state index contributed by atoms with van der Waals surface area (Å²) in [5.41, 5.74) is 4.42. The highest BCUT2D eigenvalue weighted by Gasteiger charge is 2.37. The molecule has 0 bridgehead atoms. The smallest absolute Gasteiger partial charge is 0.281 e. The molecule has 0 spiro atoms. The minimum absolute atomic E-state index is 0.211. The number of rotatable bonds is 7. The van der Waals surface area contributed by atoms with Crippen molar-refractivity contribution in [2.24, 2.45) is 0 Å². The van der Waals surface area contributed by atoms with Crippen LogP contribution in [0.25, 0.3) is 16.9 Å². The molecule has 1 aliphatic rings. The van der Waals surface area contributed by atoms with Gasteiger partial charge < -0.3 is 9.47 Å². The largest absolute Gasteiger partial charge is 0.494 e. The van der Waals surface area contributed by atoms with Gasteiger partial charge in [0.2, 0.25) is 5.88 Å². The van der Waals surface area contributed by atoms with Crippen molar-refractivity contribution in [3.05, 3.63) is 53.9 Å². The predicted octanol–water partition coefficient (Wildman–Crippen LogP) is 2.16. The highest BCUT2D eigenvalue weighted by molar-refractivity contribution is 7.86. The Kier molecular flexibility index (Phi) is 5.93. The summed E-state index contributed by atoms with van der Waals surface area (Å²) >= 11 is 0. The molecule has 32 heavy (non-hydrogen) atoms. The van der Waals surface area contributed by atoms with Gasteiger partial charge in [0.1, 0.15) is 11.4 Å². The molecule has 0 amide bonds. The number of likely N-dealkylation sites (N-methyl/N-ethyl adjacent to an activating group) is 1. The van der Waals surface area contributed by atoms with Crippen molar-refractivity contribution >= 4 is 10.2 Å². The second-order valence-corrected chi connectivity index (χ2v) is 10.0. The normalized spacial score (nSPS) is 15.9. The molecule has 1 aliphatic carbocycles. The van der Waals surface area contributed by atoms with E-state index >= 15 is 0 Å². The third-order valence-corrected chi connectivity index (χ3v) is 7.76. The first kappa shape index (κ1) is 22.3. The summed E-state index contributed by atoms with van der Waals surface area (Å²) < 4.78 is 40.6. The van der Waals surface area contributed by atoms with Crippen LogP contribution in [0.3, 0.4) is 0 Å². The summed E-state index contributed by atoms with van der Waals surface area (Å²) in [4.78, 5) is 4.37. The maximum atomic E-state index is 12.7. The molecule has 10 heteroatoms. The SMILES string of the molecule is COc1ccc(-c2c3c(nn2-c2ccccc2OC)C[C@H](N(C)S(=O)(=O)N(C)C)C3)cn1. The minimum Gasteiger partial charge on any atom is -0.494 e. The zero-order valence-corrected chi connectivity index (χ0v) is 19.6. The molecule has 1 atom stereocenters. The van der Waals surface area contributed by atoms with Crippen LogP contribution in [-0.2, 0) is 23.1 Å². The van der Waals surface area contributed by atoms with Gasteiger partial charge in [-0.2, -0.15) is 22.1 Å². The van der Waals surface area contributed by atoms with Gasteiger partial charge in [-0.25, -0.2) is 9.67 Å². The zero-order chi connectivity index (χ0) is 23.0. The molecular weight excluding hydrogens is 430 g/mol. The van der Waals surface area contributed by atoms with E-state index in [1.807, 2.05) is 35.0 Å². The van der Waals surface area contributed by atoms with E-state index in [0.717, 1.165) is 28.2 Å². The van der Waals surface area contributed by atoms with Crippen molar-refractivity contribution in [3.8, 4) is 28.6 Å². The van der Waals surface area contributed by atoms with Crippen LogP contribution in [0.2, 0.25) is 0 Å². The number of nitrogens with zero attached hydrogens (tertiary/aromatic N) is 5. The number of ether oxygens (including phenoxy) is 2. The quantitative estimate of drug-likeness (QED) is 0.540.